The summed E-state index contributed by atoms with van der Waals surface area (Å²) >= 11 is 0. The third-order valence-corrected chi connectivity index (χ3v) is 2.84. The van der Waals surface area contributed by atoms with Gasteiger partial charge in [0.1, 0.15) is 5.82 Å². The second-order valence-electron chi connectivity index (χ2n) is 4.39. The van der Waals surface area contributed by atoms with E-state index in [-0.39, 0.29) is 30.7 Å². The number of rotatable bonds is 10. The highest BCUT2D eigenvalue weighted by Gasteiger charge is 2.00. The molecule has 1 aromatic rings. The Morgan fingerprint density at radius 1 is 1.33 bits per heavy atom. The first-order valence-electron chi connectivity index (χ1n) is 6.68. The Morgan fingerprint density at radius 3 is 2.71 bits per heavy atom. The Morgan fingerprint density at radius 2 is 2.10 bits per heavy atom. The molecule has 0 unspecified atom stereocenters. The van der Waals surface area contributed by atoms with E-state index in [1.807, 2.05) is 19.3 Å². The van der Waals surface area contributed by atoms with Crippen molar-refractivity contribution in [2.24, 2.45) is 0 Å². The lowest BCUT2D eigenvalue weighted by Gasteiger charge is -2.07. The van der Waals surface area contributed by atoms with Gasteiger partial charge in [-0.15, -0.1) is 24.8 Å². The highest BCUT2D eigenvalue weighted by atomic mass is 35.5. The number of carbonyl (C=O) groups excluding carboxylic acids is 1. The monoisotopic (exact) mass is 340 g/mol. The number of methoxy groups -OCH3 is 1. The highest BCUT2D eigenvalue weighted by molar-refractivity contribution is 5.85. The summed E-state index contributed by atoms with van der Waals surface area (Å²) < 4.78 is 7.00. The number of amides is 1. The molecule has 124 valence electrons. The zero-order valence-electron chi connectivity index (χ0n) is 12.6. The van der Waals surface area contributed by atoms with Gasteiger partial charge in [-0.1, -0.05) is 0 Å². The molecule has 0 radical (unpaired) electrons. The number of carbonyl (C=O) groups is 1. The van der Waals surface area contributed by atoms with E-state index in [0.717, 1.165) is 31.8 Å². The fraction of sp³-hybridized carbons (Fsp3) is 0.692. The standard InChI is InChI=1S/C13H24N4O2.2ClH/c1-12-15-6-9-17(12)8-4-3-5-16-13(18)11-14-7-10-19-2;;/h6,9,14H,3-5,7-8,10-11H2,1-2H3,(H,16,18);2*1H. The number of aromatic nitrogens is 2. The summed E-state index contributed by atoms with van der Waals surface area (Å²) in [5.41, 5.74) is 0. The molecule has 1 heterocycles. The normalized spacial score (nSPS) is 9.62. The van der Waals surface area contributed by atoms with Crippen molar-refractivity contribution in [1.29, 1.82) is 0 Å². The molecule has 0 aliphatic carbocycles. The van der Waals surface area contributed by atoms with E-state index in [1.54, 1.807) is 7.11 Å². The molecule has 0 saturated carbocycles. The molecule has 0 fully saturated rings. The van der Waals surface area contributed by atoms with Gasteiger partial charge in [-0.2, -0.15) is 0 Å². The molecule has 2 N–H and O–H groups in total. The lowest BCUT2D eigenvalue weighted by Crippen LogP contribution is -2.35. The van der Waals surface area contributed by atoms with E-state index in [1.165, 1.54) is 0 Å². The molecule has 6 nitrogen and oxygen atoms in total. The van der Waals surface area contributed by atoms with Gasteiger partial charge >= 0.3 is 0 Å². The summed E-state index contributed by atoms with van der Waals surface area (Å²) in [7, 11) is 1.64. The van der Waals surface area contributed by atoms with Crippen molar-refractivity contribution in [2.45, 2.75) is 26.3 Å². The Hall–Kier alpha value is -0.820. The molecule has 0 bridgehead atoms. The molecule has 0 atom stereocenters. The number of nitrogens with zero attached hydrogens (tertiary/aromatic N) is 2. The summed E-state index contributed by atoms with van der Waals surface area (Å²) in [6, 6.07) is 0. The molecule has 1 rings (SSSR count). The molecule has 1 aromatic heterocycles. The summed E-state index contributed by atoms with van der Waals surface area (Å²) in [6.07, 6.45) is 5.80. The average Bonchev–Trinajstić information content (AvgIpc) is 2.80. The predicted molar refractivity (Wildman–Crippen MR) is 88.4 cm³/mol. The highest BCUT2D eigenvalue weighted by Crippen LogP contribution is 1.98. The fourth-order valence-corrected chi connectivity index (χ4v) is 1.71. The molecular formula is C13H26Cl2N4O2. The van der Waals surface area contributed by atoms with Crippen molar-refractivity contribution in [3.05, 3.63) is 18.2 Å². The van der Waals surface area contributed by atoms with Crippen LogP contribution in [0.5, 0.6) is 0 Å². The van der Waals surface area contributed by atoms with E-state index in [9.17, 15) is 4.79 Å². The number of unbranched alkanes of at least 4 members (excludes halogenated alkanes) is 1. The maximum atomic E-state index is 11.4. The molecule has 21 heavy (non-hydrogen) atoms. The summed E-state index contributed by atoms with van der Waals surface area (Å²) in [5.74, 6) is 1.07. The quantitative estimate of drug-likeness (QED) is 0.627. The zero-order chi connectivity index (χ0) is 13.9. The Labute approximate surface area is 138 Å². The predicted octanol–water partition coefficient (Wildman–Crippen LogP) is 1.17. The number of ether oxygens (including phenoxy) is 1. The van der Waals surface area contributed by atoms with E-state index >= 15 is 0 Å². The van der Waals surface area contributed by atoms with E-state index < -0.39 is 0 Å². The minimum Gasteiger partial charge on any atom is -0.383 e. The van der Waals surface area contributed by atoms with Crippen molar-refractivity contribution >= 4 is 30.7 Å². The van der Waals surface area contributed by atoms with Gasteiger partial charge in [0.15, 0.2) is 0 Å². The van der Waals surface area contributed by atoms with Gasteiger partial charge in [0.2, 0.25) is 5.91 Å². The van der Waals surface area contributed by atoms with E-state index in [0.29, 0.717) is 19.7 Å². The Bertz CT molecular complexity index is 375. The molecule has 0 spiro atoms. The van der Waals surface area contributed by atoms with Crippen LogP contribution in [0.25, 0.3) is 0 Å². The second kappa shape index (κ2) is 14.1. The van der Waals surface area contributed by atoms with Crippen LogP contribution in [-0.2, 0) is 16.1 Å². The molecule has 1 amide bonds. The maximum absolute atomic E-state index is 11.4. The maximum Gasteiger partial charge on any atom is 0.233 e. The van der Waals surface area contributed by atoms with Crippen molar-refractivity contribution in [2.75, 3.05) is 33.4 Å². The largest absolute Gasteiger partial charge is 0.383 e. The SMILES string of the molecule is COCCNCC(=O)NCCCCn1ccnc1C.Cl.Cl. The van der Waals surface area contributed by atoms with Crippen LogP contribution in [-0.4, -0.2) is 48.8 Å². The van der Waals surface area contributed by atoms with Gasteiger partial charge in [0.05, 0.1) is 13.2 Å². The first kappa shape index (κ1) is 22.5. The van der Waals surface area contributed by atoms with Crippen molar-refractivity contribution in [3.8, 4) is 0 Å². The molecular weight excluding hydrogens is 315 g/mol. The van der Waals surface area contributed by atoms with Gasteiger partial charge in [-0.3, -0.25) is 4.79 Å². The van der Waals surface area contributed by atoms with Gasteiger partial charge in [0, 0.05) is 39.1 Å². The van der Waals surface area contributed by atoms with Crippen LogP contribution in [0.3, 0.4) is 0 Å². The molecule has 0 saturated heterocycles. The number of halogens is 2. The van der Waals surface area contributed by atoms with E-state index in [2.05, 4.69) is 20.2 Å². The van der Waals surface area contributed by atoms with Crippen LogP contribution in [0.4, 0.5) is 0 Å². The summed E-state index contributed by atoms with van der Waals surface area (Å²) in [4.78, 5) is 15.6. The Balaban J connectivity index is 0. The van der Waals surface area contributed by atoms with Crippen molar-refractivity contribution < 1.29 is 9.53 Å². The van der Waals surface area contributed by atoms with Crippen LogP contribution in [0, 0.1) is 6.92 Å². The molecule has 0 aliphatic heterocycles. The summed E-state index contributed by atoms with van der Waals surface area (Å²) in [6.45, 7) is 5.34. The van der Waals surface area contributed by atoms with E-state index in [4.69, 9.17) is 4.74 Å². The minimum absolute atomic E-state index is 0. The average molecular weight is 341 g/mol. The smallest absolute Gasteiger partial charge is 0.233 e. The molecule has 8 heteroatoms. The Kier molecular flexibility index (Phi) is 15.1. The first-order valence-corrected chi connectivity index (χ1v) is 6.68. The van der Waals surface area contributed by atoms with Crippen molar-refractivity contribution in [3.63, 3.8) is 0 Å². The van der Waals surface area contributed by atoms with Gasteiger partial charge in [-0.25, -0.2) is 4.98 Å². The van der Waals surface area contributed by atoms with Gasteiger partial charge in [-0.05, 0) is 19.8 Å². The minimum atomic E-state index is 0. The topological polar surface area (TPSA) is 68.2 Å². The van der Waals surface area contributed by atoms with Crippen LogP contribution < -0.4 is 10.6 Å². The lowest BCUT2D eigenvalue weighted by atomic mass is 10.3. The van der Waals surface area contributed by atoms with Gasteiger partial charge in [0.25, 0.3) is 0 Å². The van der Waals surface area contributed by atoms with Crippen LogP contribution >= 0.6 is 24.8 Å². The van der Waals surface area contributed by atoms with Gasteiger partial charge < -0.3 is 19.9 Å². The lowest BCUT2D eigenvalue weighted by molar-refractivity contribution is -0.120. The first-order chi connectivity index (χ1) is 9.24. The summed E-state index contributed by atoms with van der Waals surface area (Å²) in [5, 5.41) is 5.89. The second-order valence-corrected chi connectivity index (χ2v) is 4.39. The fourth-order valence-electron chi connectivity index (χ4n) is 1.71. The zero-order valence-corrected chi connectivity index (χ0v) is 14.3. The third-order valence-electron chi connectivity index (χ3n) is 2.84. The van der Waals surface area contributed by atoms with Crippen molar-refractivity contribution in [1.82, 2.24) is 20.2 Å². The number of nitrogens with one attached hydrogen (secondary N) is 2. The van der Waals surface area contributed by atoms with Crippen LogP contribution in [0.1, 0.15) is 18.7 Å². The molecule has 0 aliphatic rings. The number of hydrogen-bond donors (Lipinski definition) is 2. The number of hydrogen-bond acceptors (Lipinski definition) is 4. The number of imidazole rings is 1. The third kappa shape index (κ3) is 10.5. The number of aryl methyl sites for hydroxylation is 2. The van der Waals surface area contributed by atoms with Crippen LogP contribution in [0.15, 0.2) is 12.4 Å². The molecule has 0 aromatic carbocycles. The van der Waals surface area contributed by atoms with Crippen LogP contribution in [0.2, 0.25) is 0 Å².